The first-order chi connectivity index (χ1) is 10.6. The number of nitrogens with one attached hydrogen (secondary N) is 1. The largest absolute Gasteiger partial charge is 0.371 e. The molecule has 0 aliphatic carbocycles. The third-order valence-corrected chi connectivity index (χ3v) is 4.12. The number of benzene rings is 2. The van der Waals surface area contributed by atoms with Crippen molar-refractivity contribution in [3.8, 4) is 0 Å². The van der Waals surface area contributed by atoms with Gasteiger partial charge >= 0.3 is 0 Å². The summed E-state index contributed by atoms with van der Waals surface area (Å²) in [6.45, 7) is 4.02. The number of carbonyl (C=O) groups is 1. The highest BCUT2D eigenvalue weighted by Crippen LogP contribution is 2.30. The molecule has 0 saturated carbocycles. The van der Waals surface area contributed by atoms with Crippen molar-refractivity contribution in [3.63, 3.8) is 0 Å². The van der Waals surface area contributed by atoms with Crippen LogP contribution in [0.4, 0.5) is 15.8 Å². The first-order valence-corrected chi connectivity index (χ1v) is 7.60. The molecule has 0 radical (unpaired) electrons. The monoisotopic (exact) mass is 318 g/mol. The van der Waals surface area contributed by atoms with Crippen LogP contribution in [0.1, 0.15) is 22.8 Å². The summed E-state index contributed by atoms with van der Waals surface area (Å²) in [7, 11) is 0. The molecule has 0 bridgehead atoms. The lowest BCUT2D eigenvalue weighted by atomic mass is 10.1. The van der Waals surface area contributed by atoms with E-state index in [4.69, 9.17) is 11.6 Å². The normalized spacial score (nSPS) is 13.1. The number of amides is 1. The predicted octanol–water partition coefficient (Wildman–Crippen LogP) is 4.11. The number of carbonyl (C=O) groups excluding carboxylic acids is 1. The topological polar surface area (TPSA) is 32.3 Å². The maximum Gasteiger partial charge on any atom is 0.258 e. The Morgan fingerprint density at radius 1 is 1.32 bits per heavy atom. The third kappa shape index (κ3) is 2.79. The molecule has 1 N–H and O–H groups in total. The van der Waals surface area contributed by atoms with Gasteiger partial charge in [-0.25, -0.2) is 4.39 Å². The second-order valence-electron chi connectivity index (χ2n) is 5.25. The van der Waals surface area contributed by atoms with E-state index in [2.05, 4.69) is 17.1 Å². The van der Waals surface area contributed by atoms with Crippen LogP contribution in [0, 0.1) is 5.82 Å². The van der Waals surface area contributed by atoms with Gasteiger partial charge in [0.1, 0.15) is 5.82 Å². The van der Waals surface area contributed by atoms with Crippen molar-refractivity contribution in [2.75, 3.05) is 23.3 Å². The Hall–Kier alpha value is -2.07. The van der Waals surface area contributed by atoms with Crippen LogP contribution in [0.25, 0.3) is 0 Å². The quantitative estimate of drug-likeness (QED) is 0.923. The van der Waals surface area contributed by atoms with Gasteiger partial charge in [0.25, 0.3) is 5.91 Å². The second-order valence-corrected chi connectivity index (χ2v) is 5.69. The minimum atomic E-state index is -0.585. The summed E-state index contributed by atoms with van der Waals surface area (Å²) < 4.78 is 13.7. The summed E-state index contributed by atoms with van der Waals surface area (Å²) in [4.78, 5) is 14.5. The zero-order valence-electron chi connectivity index (χ0n) is 12.2. The molecule has 1 amide bonds. The number of rotatable bonds is 3. The minimum Gasteiger partial charge on any atom is -0.371 e. The van der Waals surface area contributed by atoms with Crippen LogP contribution in [-0.2, 0) is 6.42 Å². The number of hydrogen-bond acceptors (Lipinski definition) is 2. The Morgan fingerprint density at radius 3 is 2.91 bits per heavy atom. The Bertz CT molecular complexity index is 733. The smallest absolute Gasteiger partial charge is 0.258 e. The number of anilines is 2. The fourth-order valence-electron chi connectivity index (χ4n) is 2.72. The van der Waals surface area contributed by atoms with E-state index in [0.29, 0.717) is 10.7 Å². The lowest BCUT2D eigenvalue weighted by Gasteiger charge is -2.17. The van der Waals surface area contributed by atoms with Crippen molar-refractivity contribution in [1.82, 2.24) is 0 Å². The van der Waals surface area contributed by atoms with Crippen LogP contribution in [0.15, 0.2) is 36.4 Å². The van der Waals surface area contributed by atoms with Gasteiger partial charge in [0, 0.05) is 29.5 Å². The average Bonchev–Trinajstić information content (AvgIpc) is 2.92. The molecule has 0 unspecified atom stereocenters. The van der Waals surface area contributed by atoms with Crippen LogP contribution in [0.2, 0.25) is 5.02 Å². The van der Waals surface area contributed by atoms with E-state index in [1.54, 1.807) is 0 Å². The SMILES string of the molecule is CCN1CCc2ccc(NC(=O)c3cc(Cl)ccc3F)cc21. The van der Waals surface area contributed by atoms with E-state index in [1.165, 1.54) is 23.8 Å². The summed E-state index contributed by atoms with van der Waals surface area (Å²) in [5, 5.41) is 3.07. The predicted molar refractivity (Wildman–Crippen MR) is 87.4 cm³/mol. The molecule has 3 nitrogen and oxygen atoms in total. The molecule has 0 saturated heterocycles. The standard InChI is InChI=1S/C17H16ClFN2O/c1-2-21-8-7-11-3-5-13(10-16(11)21)20-17(22)14-9-12(18)4-6-15(14)19/h3-6,9-10H,2,7-8H2,1H3,(H,20,22). The molecule has 0 atom stereocenters. The fourth-order valence-corrected chi connectivity index (χ4v) is 2.89. The van der Waals surface area contributed by atoms with Gasteiger partial charge in [-0.05, 0) is 49.2 Å². The van der Waals surface area contributed by atoms with E-state index in [9.17, 15) is 9.18 Å². The van der Waals surface area contributed by atoms with Gasteiger partial charge in [-0.3, -0.25) is 4.79 Å². The Kier molecular flexibility index (Phi) is 4.03. The molecule has 5 heteroatoms. The van der Waals surface area contributed by atoms with Gasteiger partial charge in [-0.1, -0.05) is 17.7 Å². The molecule has 114 valence electrons. The molecule has 0 spiro atoms. The molecular formula is C17H16ClFN2O. The van der Waals surface area contributed by atoms with E-state index >= 15 is 0 Å². The number of fused-ring (bicyclic) bond motifs is 1. The maximum absolute atomic E-state index is 13.7. The molecule has 0 aromatic heterocycles. The van der Waals surface area contributed by atoms with Crippen molar-refractivity contribution >= 4 is 28.9 Å². The number of nitrogens with zero attached hydrogens (tertiary/aromatic N) is 1. The zero-order valence-corrected chi connectivity index (χ0v) is 13.0. The Labute approximate surface area is 133 Å². The van der Waals surface area contributed by atoms with Crippen molar-refractivity contribution in [1.29, 1.82) is 0 Å². The lowest BCUT2D eigenvalue weighted by molar-refractivity contribution is 0.102. The number of hydrogen-bond donors (Lipinski definition) is 1. The van der Waals surface area contributed by atoms with Gasteiger partial charge in [0.2, 0.25) is 0 Å². The van der Waals surface area contributed by atoms with E-state index in [0.717, 1.165) is 25.2 Å². The molecule has 2 aromatic rings. The molecule has 1 heterocycles. The maximum atomic E-state index is 13.7. The Morgan fingerprint density at radius 2 is 2.14 bits per heavy atom. The fraction of sp³-hybridized carbons (Fsp3) is 0.235. The van der Waals surface area contributed by atoms with E-state index in [-0.39, 0.29) is 5.56 Å². The first-order valence-electron chi connectivity index (χ1n) is 7.22. The van der Waals surface area contributed by atoms with Crippen molar-refractivity contribution in [3.05, 3.63) is 58.4 Å². The van der Waals surface area contributed by atoms with Gasteiger partial charge in [-0.2, -0.15) is 0 Å². The van der Waals surface area contributed by atoms with E-state index < -0.39 is 11.7 Å². The highest BCUT2D eigenvalue weighted by Gasteiger charge is 2.19. The summed E-state index contributed by atoms with van der Waals surface area (Å²) in [5.74, 6) is -1.08. The van der Waals surface area contributed by atoms with Crippen LogP contribution >= 0.6 is 11.6 Å². The van der Waals surface area contributed by atoms with Gasteiger partial charge in [0.05, 0.1) is 5.56 Å². The number of likely N-dealkylation sites (N-methyl/N-ethyl adjacent to an activating group) is 1. The van der Waals surface area contributed by atoms with Crippen LogP contribution < -0.4 is 10.2 Å². The molecule has 2 aromatic carbocycles. The van der Waals surface area contributed by atoms with Crippen LogP contribution in [0.3, 0.4) is 0 Å². The zero-order chi connectivity index (χ0) is 15.7. The molecule has 3 rings (SSSR count). The summed E-state index contributed by atoms with van der Waals surface area (Å²) >= 11 is 5.83. The van der Waals surface area contributed by atoms with Gasteiger partial charge in [-0.15, -0.1) is 0 Å². The van der Waals surface area contributed by atoms with Crippen molar-refractivity contribution in [2.45, 2.75) is 13.3 Å². The molecule has 22 heavy (non-hydrogen) atoms. The lowest BCUT2D eigenvalue weighted by Crippen LogP contribution is -2.19. The minimum absolute atomic E-state index is 0.0552. The first kappa shape index (κ1) is 14.9. The molecule has 1 aliphatic rings. The van der Waals surface area contributed by atoms with Gasteiger partial charge in [0.15, 0.2) is 0 Å². The highest BCUT2D eigenvalue weighted by atomic mass is 35.5. The summed E-state index contributed by atoms with van der Waals surface area (Å²) in [6.07, 6.45) is 1.01. The summed E-state index contributed by atoms with van der Waals surface area (Å²) in [5.41, 5.74) is 3.00. The average molecular weight is 319 g/mol. The van der Waals surface area contributed by atoms with Crippen molar-refractivity contribution < 1.29 is 9.18 Å². The molecule has 0 fully saturated rings. The summed E-state index contributed by atoms with van der Waals surface area (Å²) in [6, 6.07) is 9.73. The van der Waals surface area contributed by atoms with Crippen LogP contribution in [0.5, 0.6) is 0 Å². The van der Waals surface area contributed by atoms with Crippen LogP contribution in [-0.4, -0.2) is 19.0 Å². The number of halogens is 2. The molecular weight excluding hydrogens is 303 g/mol. The van der Waals surface area contributed by atoms with E-state index in [1.807, 2.05) is 18.2 Å². The second kappa shape index (κ2) is 5.97. The third-order valence-electron chi connectivity index (χ3n) is 3.89. The molecule has 1 aliphatic heterocycles. The highest BCUT2D eigenvalue weighted by molar-refractivity contribution is 6.31. The van der Waals surface area contributed by atoms with Crippen molar-refractivity contribution in [2.24, 2.45) is 0 Å². The Balaban J connectivity index is 1.84. The van der Waals surface area contributed by atoms with Gasteiger partial charge < -0.3 is 10.2 Å².